The maximum atomic E-state index is 12.3. The Morgan fingerprint density at radius 3 is 2.44 bits per heavy atom. The van der Waals surface area contributed by atoms with Crippen molar-refractivity contribution in [2.45, 2.75) is 53.4 Å². The van der Waals surface area contributed by atoms with Crippen molar-refractivity contribution in [3.05, 3.63) is 0 Å². The highest BCUT2D eigenvalue weighted by Gasteiger charge is 2.89. The second-order valence-electron chi connectivity index (χ2n) is 8.02. The monoisotopic (exact) mass is 218 g/mol. The van der Waals surface area contributed by atoms with Crippen LogP contribution in [0.3, 0.4) is 0 Å². The summed E-state index contributed by atoms with van der Waals surface area (Å²) in [6, 6.07) is 0. The molecule has 1 heteroatoms. The summed E-state index contributed by atoms with van der Waals surface area (Å²) in [5, 5.41) is 0. The molecular weight excluding hydrogens is 196 g/mol. The van der Waals surface area contributed by atoms with Gasteiger partial charge in [0.2, 0.25) is 0 Å². The van der Waals surface area contributed by atoms with Crippen molar-refractivity contribution < 1.29 is 4.79 Å². The molecule has 5 aliphatic rings. The minimum Gasteiger partial charge on any atom is -0.299 e. The second-order valence-corrected chi connectivity index (χ2v) is 8.02. The fraction of sp³-hybridized carbons (Fsp3) is 0.933. The fourth-order valence-electron chi connectivity index (χ4n) is 6.79. The molecule has 5 fully saturated rings. The van der Waals surface area contributed by atoms with Crippen molar-refractivity contribution in [3.8, 4) is 0 Å². The van der Waals surface area contributed by atoms with Gasteiger partial charge < -0.3 is 0 Å². The minimum atomic E-state index is -0.0543. The van der Waals surface area contributed by atoms with Gasteiger partial charge in [-0.15, -0.1) is 0 Å². The second kappa shape index (κ2) is 2.04. The van der Waals surface area contributed by atoms with Crippen LogP contribution in [-0.2, 0) is 4.79 Å². The Balaban J connectivity index is 1.94. The van der Waals surface area contributed by atoms with Crippen molar-refractivity contribution in [3.63, 3.8) is 0 Å². The number of carbonyl (C=O) groups excluding carboxylic acids is 1. The van der Waals surface area contributed by atoms with E-state index in [1.165, 1.54) is 19.3 Å². The molecule has 0 aromatic rings. The molecule has 5 rings (SSSR count). The smallest absolute Gasteiger partial charge is 0.139 e. The van der Waals surface area contributed by atoms with E-state index in [1.807, 2.05) is 0 Å². The van der Waals surface area contributed by atoms with Crippen molar-refractivity contribution >= 4 is 5.78 Å². The largest absolute Gasteiger partial charge is 0.299 e. The fourth-order valence-corrected chi connectivity index (χ4v) is 6.79. The van der Waals surface area contributed by atoms with Crippen LogP contribution in [0, 0.1) is 33.5 Å². The zero-order chi connectivity index (χ0) is 11.6. The van der Waals surface area contributed by atoms with Crippen LogP contribution in [0.15, 0.2) is 0 Å². The summed E-state index contributed by atoms with van der Waals surface area (Å²) in [6.45, 7) is 9.47. The molecule has 0 heterocycles. The Bertz CT molecular complexity index is 423. The third-order valence-electron chi connectivity index (χ3n) is 7.65. The zero-order valence-corrected chi connectivity index (χ0v) is 10.9. The van der Waals surface area contributed by atoms with Crippen LogP contribution in [-0.4, -0.2) is 5.78 Å². The molecule has 0 N–H and O–H groups in total. The summed E-state index contributed by atoms with van der Waals surface area (Å²) in [5.41, 5.74) is 1.42. The molecular formula is C15H22O. The standard InChI is InChI=1S/C15H22O/c1-12(2)10(16)5-6-14(4)11-9-7-15(12,14)8-13(9,11)3/h9,11H,5-8H2,1-4H3/t9-,11+,13-,14-,15-/m1/s1. The predicted molar refractivity (Wildman–Crippen MR) is 62.9 cm³/mol. The van der Waals surface area contributed by atoms with Gasteiger partial charge in [-0.3, -0.25) is 4.79 Å². The Labute approximate surface area is 98.0 Å². The van der Waals surface area contributed by atoms with Crippen LogP contribution in [0.1, 0.15) is 53.4 Å². The van der Waals surface area contributed by atoms with Gasteiger partial charge in [0.05, 0.1) is 0 Å². The van der Waals surface area contributed by atoms with Gasteiger partial charge in [-0.1, -0.05) is 27.7 Å². The molecule has 5 aliphatic carbocycles. The van der Waals surface area contributed by atoms with E-state index in [1.54, 1.807) is 0 Å². The molecule has 0 unspecified atom stereocenters. The third-order valence-corrected chi connectivity index (χ3v) is 7.65. The molecule has 16 heavy (non-hydrogen) atoms. The first kappa shape index (κ1) is 9.67. The van der Waals surface area contributed by atoms with Crippen molar-refractivity contribution in [1.82, 2.24) is 0 Å². The first-order valence-electron chi connectivity index (χ1n) is 6.83. The Kier molecular flexibility index (Phi) is 1.23. The molecule has 0 saturated heterocycles. The van der Waals surface area contributed by atoms with Gasteiger partial charge in [-0.2, -0.15) is 0 Å². The number of Topliss-reactive ketones (excluding diaryl/α,β-unsaturated/α-hetero) is 1. The van der Waals surface area contributed by atoms with E-state index in [4.69, 9.17) is 0 Å². The van der Waals surface area contributed by atoms with Gasteiger partial charge in [-0.05, 0) is 47.3 Å². The van der Waals surface area contributed by atoms with Crippen LogP contribution < -0.4 is 0 Å². The summed E-state index contributed by atoms with van der Waals surface area (Å²) in [7, 11) is 0. The molecule has 5 saturated carbocycles. The molecule has 0 amide bonds. The van der Waals surface area contributed by atoms with E-state index in [-0.39, 0.29) is 5.41 Å². The number of rotatable bonds is 0. The summed E-state index contributed by atoms with van der Waals surface area (Å²) >= 11 is 0. The lowest BCUT2D eigenvalue weighted by atomic mass is 9.48. The number of ketones is 1. The lowest BCUT2D eigenvalue weighted by molar-refractivity contribution is -0.149. The van der Waals surface area contributed by atoms with Crippen molar-refractivity contribution in [1.29, 1.82) is 0 Å². The molecule has 1 nitrogen and oxygen atoms in total. The first-order valence-corrected chi connectivity index (χ1v) is 6.83. The highest BCUT2D eigenvalue weighted by molar-refractivity contribution is 5.87. The third kappa shape index (κ3) is 0.596. The van der Waals surface area contributed by atoms with Crippen LogP contribution in [0.2, 0.25) is 0 Å². The van der Waals surface area contributed by atoms with Crippen molar-refractivity contribution in [2.24, 2.45) is 33.5 Å². The molecule has 0 aromatic carbocycles. The highest BCUT2D eigenvalue weighted by atomic mass is 16.1. The van der Waals surface area contributed by atoms with Crippen LogP contribution in [0.4, 0.5) is 0 Å². The van der Waals surface area contributed by atoms with Gasteiger partial charge in [0.1, 0.15) is 5.78 Å². The average Bonchev–Trinajstić information content (AvgIpc) is 2.50. The minimum absolute atomic E-state index is 0.0543. The zero-order valence-electron chi connectivity index (χ0n) is 10.9. The van der Waals surface area contributed by atoms with Gasteiger partial charge in [0, 0.05) is 11.8 Å². The molecule has 0 aromatic heterocycles. The molecule has 4 bridgehead atoms. The normalized spacial score (nSPS) is 64.6. The highest BCUT2D eigenvalue weighted by Crippen LogP contribution is 2.94. The molecule has 5 atom stereocenters. The average molecular weight is 218 g/mol. The maximum Gasteiger partial charge on any atom is 0.139 e. The van der Waals surface area contributed by atoms with Gasteiger partial charge >= 0.3 is 0 Å². The summed E-state index contributed by atoms with van der Waals surface area (Å²) < 4.78 is 0. The maximum absolute atomic E-state index is 12.3. The molecule has 0 aliphatic heterocycles. The summed E-state index contributed by atoms with van der Waals surface area (Å²) in [5.74, 6) is 2.45. The van der Waals surface area contributed by atoms with Crippen LogP contribution >= 0.6 is 0 Å². The summed E-state index contributed by atoms with van der Waals surface area (Å²) in [6.07, 6.45) is 4.70. The number of carbonyl (C=O) groups is 1. The van der Waals surface area contributed by atoms with Gasteiger partial charge in [-0.25, -0.2) is 0 Å². The molecule has 1 spiro atoms. The Morgan fingerprint density at radius 2 is 1.88 bits per heavy atom. The van der Waals surface area contributed by atoms with Crippen LogP contribution in [0.5, 0.6) is 0 Å². The van der Waals surface area contributed by atoms with E-state index < -0.39 is 0 Å². The first-order chi connectivity index (χ1) is 7.30. The molecule has 0 radical (unpaired) electrons. The Hall–Kier alpha value is -0.330. The topological polar surface area (TPSA) is 17.1 Å². The SMILES string of the molecule is CC1(C)C(=O)CC[C@]2(C)[C@H]3[C@H]4C[C@@]12C[C@]43C. The number of hydrogen-bond donors (Lipinski definition) is 0. The van der Waals surface area contributed by atoms with Gasteiger partial charge in [0.15, 0.2) is 0 Å². The summed E-state index contributed by atoms with van der Waals surface area (Å²) in [4.78, 5) is 12.3. The quantitative estimate of drug-likeness (QED) is 0.609. The lowest BCUT2D eigenvalue weighted by Crippen LogP contribution is -2.53. The molecule has 88 valence electrons. The van der Waals surface area contributed by atoms with E-state index in [0.717, 1.165) is 18.3 Å². The van der Waals surface area contributed by atoms with Crippen LogP contribution in [0.25, 0.3) is 0 Å². The predicted octanol–water partition coefficient (Wildman–Crippen LogP) is 3.43. The Morgan fingerprint density at radius 1 is 1.19 bits per heavy atom. The van der Waals surface area contributed by atoms with Crippen molar-refractivity contribution in [2.75, 3.05) is 0 Å². The van der Waals surface area contributed by atoms with E-state index in [2.05, 4.69) is 27.7 Å². The number of hydrogen-bond acceptors (Lipinski definition) is 1. The van der Waals surface area contributed by atoms with E-state index in [0.29, 0.717) is 22.0 Å². The van der Waals surface area contributed by atoms with Gasteiger partial charge in [0.25, 0.3) is 0 Å². The lowest BCUT2D eigenvalue weighted by Gasteiger charge is -2.54. The van der Waals surface area contributed by atoms with E-state index >= 15 is 0 Å². The van der Waals surface area contributed by atoms with E-state index in [9.17, 15) is 4.79 Å².